The molecule has 0 aliphatic heterocycles. The zero-order chi connectivity index (χ0) is 19.7. The Kier molecular flexibility index (Phi) is 5.57. The molecule has 0 atom stereocenters. The summed E-state index contributed by atoms with van der Waals surface area (Å²) in [5, 5.41) is 10.8. The molecule has 8 heteroatoms. The van der Waals surface area contributed by atoms with Gasteiger partial charge in [0, 0.05) is 27.0 Å². The number of ketones is 1. The molecule has 4 rings (SSSR count). The van der Waals surface area contributed by atoms with Crippen molar-refractivity contribution in [1.82, 2.24) is 14.8 Å². The van der Waals surface area contributed by atoms with Crippen LogP contribution >= 0.6 is 39.3 Å². The van der Waals surface area contributed by atoms with E-state index in [9.17, 15) is 4.79 Å². The van der Waals surface area contributed by atoms with Crippen LogP contribution in [0.4, 0.5) is 0 Å². The van der Waals surface area contributed by atoms with Crippen LogP contribution in [0.25, 0.3) is 22.6 Å². The third-order valence-corrected chi connectivity index (χ3v) is 5.96. The van der Waals surface area contributed by atoms with E-state index in [0.717, 1.165) is 15.4 Å². The maximum atomic E-state index is 12.4. The molecule has 0 aliphatic rings. The van der Waals surface area contributed by atoms with Crippen molar-refractivity contribution in [2.24, 2.45) is 0 Å². The van der Waals surface area contributed by atoms with Gasteiger partial charge in [0.25, 0.3) is 0 Å². The number of benzene rings is 2. The molecule has 0 saturated heterocycles. The van der Waals surface area contributed by atoms with E-state index in [0.29, 0.717) is 33.9 Å². The van der Waals surface area contributed by atoms with Crippen LogP contribution in [0.15, 0.2) is 62.6 Å². The van der Waals surface area contributed by atoms with E-state index in [1.54, 1.807) is 6.07 Å². The Bertz CT molecular complexity index is 1150. The Balaban J connectivity index is 1.56. The van der Waals surface area contributed by atoms with Gasteiger partial charge in [-0.15, -0.1) is 10.2 Å². The first kappa shape index (κ1) is 19.2. The number of nitrogens with zero attached hydrogens (tertiary/aromatic N) is 3. The number of carbonyl (C=O) groups excluding carboxylic acids is 1. The molecule has 0 amide bonds. The predicted octanol–water partition coefficient (Wildman–Crippen LogP) is 6.10. The molecule has 142 valence electrons. The minimum atomic E-state index is 0.0445. The van der Waals surface area contributed by atoms with E-state index in [1.165, 1.54) is 11.8 Å². The fourth-order valence-corrected chi connectivity index (χ4v) is 4.18. The van der Waals surface area contributed by atoms with Gasteiger partial charge in [0.15, 0.2) is 16.7 Å². The van der Waals surface area contributed by atoms with Crippen molar-refractivity contribution >= 4 is 56.0 Å². The number of halogens is 2. The van der Waals surface area contributed by atoms with Gasteiger partial charge in [-0.25, -0.2) is 0 Å². The summed E-state index contributed by atoms with van der Waals surface area (Å²) in [7, 11) is 0. The highest BCUT2D eigenvalue weighted by Crippen LogP contribution is 2.30. The molecular formula is C20H15BrClN3O2S. The highest BCUT2D eigenvalue weighted by atomic mass is 79.9. The lowest BCUT2D eigenvalue weighted by atomic mass is 10.2. The normalized spacial score (nSPS) is 11.2. The number of rotatable bonds is 6. The fourth-order valence-electron chi connectivity index (χ4n) is 2.84. The highest BCUT2D eigenvalue weighted by Gasteiger charge is 2.18. The van der Waals surface area contributed by atoms with E-state index in [-0.39, 0.29) is 11.5 Å². The van der Waals surface area contributed by atoms with Gasteiger partial charge in [0.1, 0.15) is 5.58 Å². The maximum Gasteiger partial charge on any atom is 0.200 e. The van der Waals surface area contributed by atoms with Crippen LogP contribution in [-0.4, -0.2) is 26.3 Å². The topological polar surface area (TPSA) is 60.9 Å². The molecule has 0 fully saturated rings. The van der Waals surface area contributed by atoms with Crippen LogP contribution in [-0.2, 0) is 6.54 Å². The largest absolute Gasteiger partial charge is 0.453 e. The first-order valence-corrected chi connectivity index (χ1v) is 10.7. The average molecular weight is 477 g/mol. The third-order valence-electron chi connectivity index (χ3n) is 4.23. The molecule has 0 spiro atoms. The fraction of sp³-hybridized carbons (Fsp3) is 0.150. The monoisotopic (exact) mass is 475 g/mol. The van der Waals surface area contributed by atoms with Crippen LogP contribution < -0.4 is 0 Å². The van der Waals surface area contributed by atoms with E-state index in [1.807, 2.05) is 54.0 Å². The van der Waals surface area contributed by atoms with E-state index >= 15 is 0 Å². The van der Waals surface area contributed by atoms with Crippen molar-refractivity contribution in [2.75, 3.05) is 5.75 Å². The SMILES string of the molecule is CCn1c(SCC(=O)c2ccc(Br)cc2)nnc1-c1cc2cc(Cl)ccc2o1. The Morgan fingerprint density at radius 2 is 1.96 bits per heavy atom. The number of furan rings is 1. The molecule has 0 aliphatic carbocycles. The maximum absolute atomic E-state index is 12.4. The zero-order valence-corrected chi connectivity index (χ0v) is 18.0. The number of hydrogen-bond donors (Lipinski definition) is 0. The van der Waals surface area contributed by atoms with Gasteiger partial charge in [-0.2, -0.15) is 0 Å². The lowest BCUT2D eigenvalue weighted by Gasteiger charge is -2.05. The second kappa shape index (κ2) is 8.11. The Hall–Kier alpha value is -2.09. The van der Waals surface area contributed by atoms with Crippen molar-refractivity contribution < 1.29 is 9.21 Å². The van der Waals surface area contributed by atoms with Gasteiger partial charge in [-0.05, 0) is 43.3 Å². The van der Waals surface area contributed by atoms with Gasteiger partial charge in [0.05, 0.1) is 5.75 Å². The highest BCUT2D eigenvalue weighted by molar-refractivity contribution is 9.10. The minimum absolute atomic E-state index is 0.0445. The third kappa shape index (κ3) is 3.87. The van der Waals surface area contributed by atoms with Gasteiger partial charge < -0.3 is 4.42 Å². The summed E-state index contributed by atoms with van der Waals surface area (Å²) in [5.74, 6) is 1.59. The number of thioether (sulfide) groups is 1. The Morgan fingerprint density at radius 3 is 2.71 bits per heavy atom. The van der Waals surface area contributed by atoms with Gasteiger partial charge >= 0.3 is 0 Å². The number of aromatic nitrogens is 3. The van der Waals surface area contributed by atoms with E-state index in [2.05, 4.69) is 26.1 Å². The molecular weight excluding hydrogens is 462 g/mol. The van der Waals surface area contributed by atoms with Crippen LogP contribution in [0.5, 0.6) is 0 Å². The number of carbonyl (C=O) groups is 1. The lowest BCUT2D eigenvalue weighted by molar-refractivity contribution is 0.102. The summed E-state index contributed by atoms with van der Waals surface area (Å²) in [4.78, 5) is 12.4. The molecule has 0 saturated carbocycles. The van der Waals surface area contributed by atoms with Crippen molar-refractivity contribution in [3.63, 3.8) is 0 Å². The first-order chi connectivity index (χ1) is 13.5. The second-order valence-corrected chi connectivity index (χ2v) is 8.36. The van der Waals surface area contributed by atoms with Crippen molar-refractivity contribution in [1.29, 1.82) is 0 Å². The molecule has 2 heterocycles. The summed E-state index contributed by atoms with van der Waals surface area (Å²) in [6.45, 7) is 2.67. The summed E-state index contributed by atoms with van der Waals surface area (Å²) in [5.41, 5.74) is 1.41. The van der Waals surface area contributed by atoms with Crippen LogP contribution in [0.1, 0.15) is 17.3 Å². The molecule has 0 radical (unpaired) electrons. The summed E-state index contributed by atoms with van der Waals surface area (Å²) >= 11 is 10.8. The first-order valence-electron chi connectivity index (χ1n) is 8.59. The predicted molar refractivity (Wildman–Crippen MR) is 115 cm³/mol. The molecule has 2 aromatic carbocycles. The molecule has 28 heavy (non-hydrogen) atoms. The quantitative estimate of drug-likeness (QED) is 0.248. The summed E-state index contributed by atoms with van der Waals surface area (Å²) < 4.78 is 8.80. The summed E-state index contributed by atoms with van der Waals surface area (Å²) in [6.07, 6.45) is 0. The van der Waals surface area contributed by atoms with Crippen LogP contribution in [0.3, 0.4) is 0 Å². The lowest BCUT2D eigenvalue weighted by Crippen LogP contribution is -2.05. The summed E-state index contributed by atoms with van der Waals surface area (Å²) in [6, 6.07) is 14.7. The average Bonchev–Trinajstić information content (AvgIpc) is 3.29. The number of fused-ring (bicyclic) bond motifs is 1. The molecule has 4 aromatic rings. The van der Waals surface area contributed by atoms with E-state index < -0.39 is 0 Å². The smallest absolute Gasteiger partial charge is 0.200 e. The molecule has 0 bridgehead atoms. The Labute approximate surface area is 179 Å². The van der Waals surface area contributed by atoms with Gasteiger partial charge in [-0.3, -0.25) is 9.36 Å². The van der Waals surface area contributed by atoms with Crippen molar-refractivity contribution in [3.8, 4) is 11.6 Å². The molecule has 0 N–H and O–H groups in total. The zero-order valence-electron chi connectivity index (χ0n) is 14.9. The van der Waals surface area contributed by atoms with Gasteiger partial charge in [-0.1, -0.05) is 51.4 Å². The standard InChI is InChI=1S/C20H15BrClN3O2S/c1-2-25-19(18-10-13-9-15(22)7-8-17(13)27-18)23-24-20(25)28-11-16(26)12-3-5-14(21)6-4-12/h3-10H,2,11H2,1H3. The molecule has 5 nitrogen and oxygen atoms in total. The Morgan fingerprint density at radius 1 is 1.18 bits per heavy atom. The number of Topliss-reactive ketones (excluding diaryl/α,β-unsaturated/α-hetero) is 1. The second-order valence-electron chi connectivity index (χ2n) is 6.06. The van der Waals surface area contributed by atoms with Crippen molar-refractivity contribution in [2.45, 2.75) is 18.6 Å². The van der Waals surface area contributed by atoms with E-state index in [4.69, 9.17) is 16.0 Å². The number of hydrogen-bond acceptors (Lipinski definition) is 5. The minimum Gasteiger partial charge on any atom is -0.453 e. The van der Waals surface area contributed by atoms with Crippen LogP contribution in [0, 0.1) is 0 Å². The van der Waals surface area contributed by atoms with Crippen molar-refractivity contribution in [3.05, 3.63) is 63.6 Å². The van der Waals surface area contributed by atoms with Gasteiger partial charge in [0.2, 0.25) is 5.82 Å². The molecule has 2 aromatic heterocycles. The molecule has 0 unspecified atom stereocenters. The van der Waals surface area contributed by atoms with Crippen LogP contribution in [0.2, 0.25) is 5.02 Å².